The van der Waals surface area contributed by atoms with Crippen molar-refractivity contribution >= 4 is 10.9 Å². The van der Waals surface area contributed by atoms with Gasteiger partial charge in [-0.25, -0.2) is 4.98 Å². The highest BCUT2D eigenvalue weighted by Gasteiger charge is 2.08. The fraction of sp³-hybridized carbons (Fsp3) is 0. The fourth-order valence-corrected chi connectivity index (χ4v) is 1.69. The van der Waals surface area contributed by atoms with E-state index in [1.54, 1.807) is 18.5 Å². The molecule has 0 atom stereocenters. The highest BCUT2D eigenvalue weighted by molar-refractivity contribution is 5.87. The molecule has 3 rings (SSSR count). The first-order valence-electron chi connectivity index (χ1n) is 4.64. The third kappa shape index (κ3) is 1.19. The van der Waals surface area contributed by atoms with Crippen molar-refractivity contribution in [3.05, 3.63) is 36.8 Å². The number of phenolic OH excluding ortho intramolecular Hbond substituents is 1. The molecule has 3 N–H and O–H groups in total. The van der Waals surface area contributed by atoms with Gasteiger partial charge in [0, 0.05) is 35.6 Å². The van der Waals surface area contributed by atoms with Crippen LogP contribution < -0.4 is 0 Å². The van der Waals surface area contributed by atoms with Gasteiger partial charge in [-0.2, -0.15) is 0 Å². The van der Waals surface area contributed by atoms with Crippen LogP contribution in [0.5, 0.6) is 5.75 Å². The number of nitrogens with zero attached hydrogens (tertiary/aromatic N) is 1. The third-order valence-electron chi connectivity index (χ3n) is 2.42. The molecule has 0 bridgehead atoms. The number of aromatic hydroxyl groups is 1. The van der Waals surface area contributed by atoms with Gasteiger partial charge in [-0.1, -0.05) is 0 Å². The first-order valence-corrected chi connectivity index (χ1v) is 4.64. The van der Waals surface area contributed by atoms with Gasteiger partial charge in [-0.05, 0) is 12.1 Å². The molecule has 1 aromatic carbocycles. The minimum absolute atomic E-state index is 0.222. The minimum atomic E-state index is 0.222. The first-order chi connectivity index (χ1) is 7.34. The smallest absolute Gasteiger partial charge is 0.141 e. The van der Waals surface area contributed by atoms with Crippen LogP contribution in [-0.4, -0.2) is 20.1 Å². The number of aromatic amines is 2. The molecule has 3 aromatic rings. The van der Waals surface area contributed by atoms with Crippen molar-refractivity contribution in [3.63, 3.8) is 0 Å². The second-order valence-corrected chi connectivity index (χ2v) is 3.37. The van der Waals surface area contributed by atoms with Crippen molar-refractivity contribution in [1.29, 1.82) is 0 Å². The van der Waals surface area contributed by atoms with Crippen molar-refractivity contribution in [2.45, 2.75) is 0 Å². The number of imidazole rings is 1. The lowest BCUT2D eigenvalue weighted by atomic mass is 10.1. The molecule has 15 heavy (non-hydrogen) atoms. The van der Waals surface area contributed by atoms with E-state index in [1.165, 1.54) is 0 Å². The Bertz CT molecular complexity index is 595. The van der Waals surface area contributed by atoms with E-state index >= 15 is 0 Å². The molecule has 0 amide bonds. The topological polar surface area (TPSA) is 64.7 Å². The maximum atomic E-state index is 9.82. The number of hydrogen-bond acceptors (Lipinski definition) is 2. The van der Waals surface area contributed by atoms with E-state index in [9.17, 15) is 5.11 Å². The molecule has 0 unspecified atom stereocenters. The maximum Gasteiger partial charge on any atom is 0.141 e. The van der Waals surface area contributed by atoms with Crippen molar-refractivity contribution in [3.8, 4) is 17.1 Å². The monoisotopic (exact) mass is 199 g/mol. The van der Waals surface area contributed by atoms with Gasteiger partial charge < -0.3 is 15.1 Å². The average molecular weight is 199 g/mol. The van der Waals surface area contributed by atoms with E-state index in [4.69, 9.17) is 0 Å². The molecule has 0 aliphatic heterocycles. The van der Waals surface area contributed by atoms with Crippen LogP contribution in [0, 0.1) is 0 Å². The minimum Gasteiger partial charge on any atom is -0.507 e. The van der Waals surface area contributed by atoms with Crippen LogP contribution >= 0.6 is 0 Å². The lowest BCUT2D eigenvalue weighted by molar-refractivity contribution is 0.477. The maximum absolute atomic E-state index is 9.82. The summed E-state index contributed by atoms with van der Waals surface area (Å²) in [6.45, 7) is 0. The van der Waals surface area contributed by atoms with Crippen LogP contribution in [0.15, 0.2) is 36.8 Å². The predicted octanol–water partition coefficient (Wildman–Crippen LogP) is 2.26. The van der Waals surface area contributed by atoms with Crippen LogP contribution in [-0.2, 0) is 0 Å². The third-order valence-corrected chi connectivity index (χ3v) is 2.42. The molecule has 2 heterocycles. The summed E-state index contributed by atoms with van der Waals surface area (Å²) in [6, 6.07) is 5.56. The van der Waals surface area contributed by atoms with E-state index < -0.39 is 0 Å². The Labute approximate surface area is 85.6 Å². The van der Waals surface area contributed by atoms with Crippen molar-refractivity contribution in [2.24, 2.45) is 0 Å². The van der Waals surface area contributed by atoms with Gasteiger partial charge in [0.25, 0.3) is 0 Å². The number of H-pyrrole nitrogens is 2. The van der Waals surface area contributed by atoms with Gasteiger partial charge in [0.1, 0.15) is 11.6 Å². The number of aromatic nitrogens is 3. The summed E-state index contributed by atoms with van der Waals surface area (Å²) in [5.41, 5.74) is 1.63. The number of nitrogens with one attached hydrogen (secondary N) is 2. The van der Waals surface area contributed by atoms with Gasteiger partial charge in [-0.15, -0.1) is 0 Å². The Balaban J connectivity index is 2.30. The standard InChI is InChI=1S/C11H9N3O/c15-10-6-9-7(1-2-12-9)5-8(10)11-13-3-4-14-11/h1-6,12,15H,(H,13,14). The Morgan fingerprint density at radius 1 is 1.13 bits per heavy atom. The second-order valence-electron chi connectivity index (χ2n) is 3.37. The van der Waals surface area contributed by atoms with Gasteiger partial charge in [0.05, 0.1) is 5.56 Å². The zero-order valence-electron chi connectivity index (χ0n) is 7.86. The number of rotatable bonds is 1. The molecular formula is C11H9N3O. The van der Waals surface area contributed by atoms with Crippen LogP contribution in [0.3, 0.4) is 0 Å². The normalized spacial score (nSPS) is 10.9. The van der Waals surface area contributed by atoms with Crippen LogP contribution in [0.2, 0.25) is 0 Å². The Hall–Kier alpha value is -2.23. The van der Waals surface area contributed by atoms with E-state index in [-0.39, 0.29) is 5.75 Å². The molecular weight excluding hydrogens is 190 g/mol. The predicted molar refractivity (Wildman–Crippen MR) is 57.5 cm³/mol. The highest BCUT2D eigenvalue weighted by atomic mass is 16.3. The zero-order valence-corrected chi connectivity index (χ0v) is 7.86. The SMILES string of the molecule is Oc1cc2[nH]ccc2cc1-c1ncc[nH]1. The van der Waals surface area contributed by atoms with Crippen molar-refractivity contribution in [2.75, 3.05) is 0 Å². The van der Waals surface area contributed by atoms with Gasteiger partial charge in [-0.3, -0.25) is 0 Å². The summed E-state index contributed by atoms with van der Waals surface area (Å²) in [6.07, 6.45) is 5.24. The number of hydrogen-bond donors (Lipinski definition) is 3. The zero-order chi connectivity index (χ0) is 10.3. The lowest BCUT2D eigenvalue weighted by Crippen LogP contribution is -1.81. The molecule has 74 valence electrons. The molecule has 0 aliphatic rings. The van der Waals surface area contributed by atoms with Gasteiger partial charge in [0.15, 0.2) is 0 Å². The summed E-state index contributed by atoms with van der Waals surface area (Å²) >= 11 is 0. The molecule has 0 radical (unpaired) electrons. The van der Waals surface area contributed by atoms with Crippen LogP contribution in [0.1, 0.15) is 0 Å². The number of benzene rings is 1. The Kier molecular flexibility index (Phi) is 1.56. The molecule has 0 spiro atoms. The summed E-state index contributed by atoms with van der Waals surface area (Å²) < 4.78 is 0. The average Bonchev–Trinajstić information content (AvgIpc) is 2.85. The molecule has 4 heteroatoms. The number of phenols is 1. The quantitative estimate of drug-likeness (QED) is 0.562. The van der Waals surface area contributed by atoms with Gasteiger partial charge >= 0.3 is 0 Å². The van der Waals surface area contributed by atoms with Crippen molar-refractivity contribution < 1.29 is 5.11 Å². The van der Waals surface area contributed by atoms with Crippen LogP contribution in [0.25, 0.3) is 22.3 Å². The highest BCUT2D eigenvalue weighted by Crippen LogP contribution is 2.30. The first kappa shape index (κ1) is 8.11. The second kappa shape index (κ2) is 2.88. The molecule has 4 nitrogen and oxygen atoms in total. The summed E-state index contributed by atoms with van der Waals surface area (Å²) in [5, 5.41) is 10.9. The molecule has 0 aliphatic carbocycles. The molecule has 0 saturated heterocycles. The van der Waals surface area contributed by atoms with Crippen molar-refractivity contribution in [1.82, 2.24) is 15.0 Å². The van der Waals surface area contributed by atoms with E-state index in [0.29, 0.717) is 11.4 Å². The van der Waals surface area contributed by atoms with Crippen LogP contribution in [0.4, 0.5) is 0 Å². The molecule has 0 fully saturated rings. The van der Waals surface area contributed by atoms with E-state index in [0.717, 1.165) is 10.9 Å². The van der Waals surface area contributed by atoms with E-state index in [1.807, 2.05) is 18.3 Å². The Morgan fingerprint density at radius 2 is 2.07 bits per heavy atom. The largest absolute Gasteiger partial charge is 0.507 e. The molecule has 2 aromatic heterocycles. The van der Waals surface area contributed by atoms with E-state index in [2.05, 4.69) is 15.0 Å². The summed E-state index contributed by atoms with van der Waals surface area (Å²) in [7, 11) is 0. The summed E-state index contributed by atoms with van der Waals surface area (Å²) in [4.78, 5) is 10.1. The number of fused-ring (bicyclic) bond motifs is 1. The van der Waals surface area contributed by atoms with Gasteiger partial charge in [0.2, 0.25) is 0 Å². The lowest BCUT2D eigenvalue weighted by Gasteiger charge is -2.01. The Morgan fingerprint density at radius 3 is 2.87 bits per heavy atom. The molecule has 0 saturated carbocycles. The fourth-order valence-electron chi connectivity index (χ4n) is 1.69. The summed E-state index contributed by atoms with van der Waals surface area (Å²) in [5.74, 6) is 0.899.